The summed E-state index contributed by atoms with van der Waals surface area (Å²) in [6, 6.07) is 14.3. The van der Waals surface area contributed by atoms with Crippen LogP contribution in [0.4, 0.5) is 0 Å². The van der Waals surface area contributed by atoms with Gasteiger partial charge < -0.3 is 19.5 Å². The Morgan fingerprint density at radius 2 is 1.97 bits per heavy atom. The molecular weight excluding hydrogens is 440 g/mol. The van der Waals surface area contributed by atoms with Crippen LogP contribution in [-0.2, 0) is 4.74 Å². The molecule has 0 spiro atoms. The Hall–Kier alpha value is -2.41. The minimum atomic E-state index is -0.0272. The molecule has 32 heavy (non-hydrogen) atoms. The van der Waals surface area contributed by atoms with Crippen LogP contribution in [0.15, 0.2) is 48.7 Å². The molecule has 1 fully saturated rings. The summed E-state index contributed by atoms with van der Waals surface area (Å²) in [5, 5.41) is 5.02. The van der Waals surface area contributed by atoms with Gasteiger partial charge in [0.15, 0.2) is 5.11 Å². The zero-order valence-corrected chi connectivity index (χ0v) is 20.5. The molecule has 1 aromatic carbocycles. The van der Waals surface area contributed by atoms with Crippen molar-refractivity contribution in [3.63, 3.8) is 0 Å². The van der Waals surface area contributed by atoms with E-state index in [2.05, 4.69) is 58.7 Å². The average Bonchev–Trinajstić information content (AvgIpc) is 3.26. The van der Waals surface area contributed by atoms with E-state index in [0.717, 1.165) is 40.2 Å². The predicted molar refractivity (Wildman–Crippen MR) is 134 cm³/mol. The molecule has 3 heterocycles. The molecule has 1 N–H and O–H groups in total. The molecule has 0 unspecified atom stereocenters. The van der Waals surface area contributed by atoms with Crippen molar-refractivity contribution in [3.8, 4) is 5.69 Å². The van der Waals surface area contributed by atoms with E-state index in [4.69, 9.17) is 28.6 Å². The number of rotatable bonds is 7. The quantitative estimate of drug-likeness (QED) is 0.368. The number of benzene rings is 1. The zero-order valence-electron chi connectivity index (χ0n) is 18.9. The molecule has 0 radical (unpaired) electrons. The van der Waals surface area contributed by atoms with E-state index >= 15 is 0 Å². The Morgan fingerprint density at radius 3 is 2.69 bits per heavy atom. The summed E-state index contributed by atoms with van der Waals surface area (Å²) in [6.45, 7) is 7.94. The Labute approximate surface area is 200 Å². The molecule has 1 aliphatic heterocycles. The van der Waals surface area contributed by atoms with Crippen LogP contribution in [0.25, 0.3) is 5.69 Å². The van der Waals surface area contributed by atoms with E-state index in [-0.39, 0.29) is 12.1 Å². The lowest BCUT2D eigenvalue weighted by Gasteiger charge is -2.28. The van der Waals surface area contributed by atoms with Gasteiger partial charge in [-0.25, -0.2) is 0 Å². The van der Waals surface area contributed by atoms with Gasteiger partial charge in [0.25, 0.3) is 0 Å². The van der Waals surface area contributed by atoms with Gasteiger partial charge in [-0.15, -0.1) is 0 Å². The van der Waals surface area contributed by atoms with E-state index in [0.29, 0.717) is 6.61 Å². The molecule has 1 saturated heterocycles. The molecule has 4 rings (SSSR count). The van der Waals surface area contributed by atoms with E-state index < -0.39 is 0 Å². The molecular formula is C25H29ClN4OS. The van der Waals surface area contributed by atoms with Crippen molar-refractivity contribution in [1.82, 2.24) is 19.8 Å². The van der Waals surface area contributed by atoms with Crippen molar-refractivity contribution in [2.24, 2.45) is 0 Å². The van der Waals surface area contributed by atoms with Crippen molar-refractivity contribution >= 4 is 28.9 Å². The van der Waals surface area contributed by atoms with Gasteiger partial charge in [-0.2, -0.15) is 0 Å². The summed E-state index contributed by atoms with van der Waals surface area (Å²) in [4.78, 5) is 6.93. The minimum Gasteiger partial charge on any atom is -0.385 e. The summed E-state index contributed by atoms with van der Waals surface area (Å²) >= 11 is 12.1. The number of pyridine rings is 1. The molecule has 3 aromatic rings. The maximum absolute atomic E-state index is 6.35. The fourth-order valence-electron chi connectivity index (χ4n) is 4.65. The van der Waals surface area contributed by atoms with Gasteiger partial charge in [-0.3, -0.25) is 4.98 Å². The second-order valence-electron chi connectivity index (χ2n) is 8.26. The Balaban J connectivity index is 1.81. The standard InChI is InChI=1S/C25H29ClN4OS/c1-16-9-10-19(26)15-22(16)30-17(2)14-20(18(30)3)24-23(21-8-5-6-11-27-21)28-25(32)29(24)12-7-13-31-4/h5-6,8-11,14-15,23-24H,7,12-13H2,1-4H3,(H,28,32)/t23-,24-/m1/s1. The molecule has 0 aliphatic carbocycles. The molecule has 0 saturated carbocycles. The highest BCUT2D eigenvalue weighted by molar-refractivity contribution is 7.80. The van der Waals surface area contributed by atoms with Crippen molar-refractivity contribution in [2.45, 2.75) is 39.3 Å². The fourth-order valence-corrected chi connectivity index (χ4v) is 5.14. The maximum Gasteiger partial charge on any atom is 0.170 e. The third kappa shape index (κ3) is 4.27. The number of aryl methyl sites for hydroxylation is 2. The number of aromatic nitrogens is 2. The molecule has 0 amide bonds. The highest BCUT2D eigenvalue weighted by Gasteiger charge is 2.41. The Kier molecular flexibility index (Phi) is 6.84. The summed E-state index contributed by atoms with van der Waals surface area (Å²) in [5.74, 6) is 0. The van der Waals surface area contributed by atoms with Gasteiger partial charge in [0.2, 0.25) is 0 Å². The average molecular weight is 469 g/mol. The van der Waals surface area contributed by atoms with Crippen molar-refractivity contribution in [2.75, 3.05) is 20.3 Å². The predicted octanol–water partition coefficient (Wildman–Crippen LogP) is 5.46. The number of hydrogen-bond acceptors (Lipinski definition) is 3. The largest absolute Gasteiger partial charge is 0.385 e. The first-order valence-corrected chi connectivity index (χ1v) is 11.6. The first-order chi connectivity index (χ1) is 15.4. The van der Waals surface area contributed by atoms with Crippen LogP contribution in [0.3, 0.4) is 0 Å². The number of nitrogens with zero attached hydrogens (tertiary/aromatic N) is 3. The third-order valence-corrected chi connectivity index (χ3v) is 6.73. The summed E-state index contributed by atoms with van der Waals surface area (Å²) in [7, 11) is 1.73. The third-order valence-electron chi connectivity index (χ3n) is 6.15. The van der Waals surface area contributed by atoms with Gasteiger partial charge in [0.1, 0.15) is 0 Å². The van der Waals surface area contributed by atoms with Crippen LogP contribution in [0.5, 0.6) is 0 Å². The molecule has 0 bridgehead atoms. The van der Waals surface area contributed by atoms with E-state index in [9.17, 15) is 0 Å². The second-order valence-corrected chi connectivity index (χ2v) is 9.08. The molecule has 5 nitrogen and oxygen atoms in total. The summed E-state index contributed by atoms with van der Waals surface area (Å²) in [6.07, 6.45) is 2.74. The zero-order chi connectivity index (χ0) is 22.8. The lowest BCUT2D eigenvalue weighted by Crippen LogP contribution is -2.31. The normalized spacial score (nSPS) is 18.3. The lowest BCUT2D eigenvalue weighted by molar-refractivity contribution is 0.180. The maximum atomic E-state index is 6.35. The van der Waals surface area contributed by atoms with Crippen LogP contribution in [0.2, 0.25) is 5.02 Å². The summed E-state index contributed by atoms with van der Waals surface area (Å²) < 4.78 is 7.59. The van der Waals surface area contributed by atoms with Crippen molar-refractivity contribution < 1.29 is 4.74 Å². The van der Waals surface area contributed by atoms with Gasteiger partial charge in [-0.05, 0) is 80.9 Å². The van der Waals surface area contributed by atoms with Gasteiger partial charge in [-0.1, -0.05) is 23.7 Å². The topological polar surface area (TPSA) is 42.3 Å². The number of hydrogen-bond donors (Lipinski definition) is 1. The van der Waals surface area contributed by atoms with Crippen LogP contribution in [-0.4, -0.2) is 39.8 Å². The fraction of sp³-hybridized carbons (Fsp3) is 0.360. The van der Waals surface area contributed by atoms with Gasteiger partial charge >= 0.3 is 0 Å². The first kappa shape index (κ1) is 22.8. The number of methoxy groups -OCH3 is 1. The number of halogens is 1. The monoisotopic (exact) mass is 468 g/mol. The molecule has 7 heteroatoms. The van der Waals surface area contributed by atoms with E-state index in [1.165, 1.54) is 16.8 Å². The summed E-state index contributed by atoms with van der Waals surface area (Å²) in [5.41, 5.74) is 6.85. The number of nitrogens with one attached hydrogen (secondary N) is 1. The molecule has 1 aliphatic rings. The van der Waals surface area contributed by atoms with Crippen LogP contribution in [0, 0.1) is 20.8 Å². The smallest absolute Gasteiger partial charge is 0.170 e. The van der Waals surface area contributed by atoms with E-state index in [1.807, 2.05) is 30.5 Å². The molecule has 2 atom stereocenters. The molecule has 2 aromatic heterocycles. The van der Waals surface area contributed by atoms with Gasteiger partial charge in [0, 0.05) is 48.6 Å². The lowest BCUT2D eigenvalue weighted by atomic mass is 9.96. The SMILES string of the molecule is COCCCN1C(=S)N[C@H](c2ccccn2)[C@H]1c1cc(C)n(-c2cc(Cl)ccc2C)c1C. The Morgan fingerprint density at radius 1 is 1.16 bits per heavy atom. The van der Waals surface area contributed by atoms with E-state index in [1.54, 1.807) is 7.11 Å². The van der Waals surface area contributed by atoms with Crippen molar-refractivity contribution in [1.29, 1.82) is 0 Å². The first-order valence-electron chi connectivity index (χ1n) is 10.8. The Bertz CT molecular complexity index is 1110. The second kappa shape index (κ2) is 9.61. The van der Waals surface area contributed by atoms with Gasteiger partial charge in [0.05, 0.1) is 17.8 Å². The molecule has 168 valence electrons. The van der Waals surface area contributed by atoms with Crippen LogP contribution >= 0.6 is 23.8 Å². The van der Waals surface area contributed by atoms with Crippen LogP contribution < -0.4 is 5.32 Å². The van der Waals surface area contributed by atoms with Crippen LogP contribution in [0.1, 0.15) is 46.7 Å². The number of thiocarbonyl (C=S) groups is 1. The van der Waals surface area contributed by atoms with Crippen molar-refractivity contribution in [3.05, 3.63) is 81.9 Å². The number of ether oxygens (including phenoxy) is 1. The highest BCUT2D eigenvalue weighted by atomic mass is 35.5. The minimum absolute atomic E-state index is 0.0272. The highest BCUT2D eigenvalue weighted by Crippen LogP contribution is 2.41.